The Bertz CT molecular complexity index is 390. The molecule has 1 aliphatic rings. The van der Waals surface area contributed by atoms with Gasteiger partial charge in [0.05, 0.1) is 5.92 Å². The lowest BCUT2D eigenvalue weighted by molar-refractivity contribution is -0.139. The SMILES string of the molecule is CNC(=O)CCCCCN1C(=O)CC(C(C)(C)S)C1=O. The van der Waals surface area contributed by atoms with Crippen molar-refractivity contribution >= 4 is 30.4 Å². The molecular weight excluding hydrogens is 276 g/mol. The minimum absolute atomic E-state index is 0.0233. The van der Waals surface area contributed by atoms with Crippen LogP contribution in [0.25, 0.3) is 0 Å². The second-order valence-electron chi connectivity index (χ2n) is 5.78. The first-order valence-corrected chi connectivity index (χ1v) is 7.49. The van der Waals surface area contributed by atoms with Crippen molar-refractivity contribution in [2.45, 2.75) is 50.7 Å². The Balaban J connectivity index is 2.36. The number of carbonyl (C=O) groups excluding carboxylic acids is 3. The van der Waals surface area contributed by atoms with Gasteiger partial charge in [-0.25, -0.2) is 0 Å². The zero-order chi connectivity index (χ0) is 15.3. The maximum Gasteiger partial charge on any atom is 0.234 e. The molecule has 6 heteroatoms. The van der Waals surface area contributed by atoms with E-state index in [2.05, 4.69) is 17.9 Å². The van der Waals surface area contributed by atoms with Crippen LogP contribution in [0.2, 0.25) is 0 Å². The molecule has 20 heavy (non-hydrogen) atoms. The van der Waals surface area contributed by atoms with Crippen molar-refractivity contribution in [3.63, 3.8) is 0 Å². The molecule has 1 N–H and O–H groups in total. The van der Waals surface area contributed by atoms with Crippen LogP contribution in [0.3, 0.4) is 0 Å². The Morgan fingerprint density at radius 2 is 2.00 bits per heavy atom. The molecule has 1 rings (SSSR count). The maximum absolute atomic E-state index is 12.2. The number of nitrogens with one attached hydrogen (secondary N) is 1. The quantitative estimate of drug-likeness (QED) is 0.424. The van der Waals surface area contributed by atoms with E-state index in [-0.39, 0.29) is 30.1 Å². The average molecular weight is 300 g/mol. The van der Waals surface area contributed by atoms with E-state index in [9.17, 15) is 14.4 Å². The van der Waals surface area contributed by atoms with Gasteiger partial charge in [0.25, 0.3) is 0 Å². The number of rotatable bonds is 7. The average Bonchev–Trinajstić information content (AvgIpc) is 2.65. The number of nitrogens with zero attached hydrogens (tertiary/aromatic N) is 1. The summed E-state index contributed by atoms with van der Waals surface area (Å²) in [6.45, 7) is 4.17. The third kappa shape index (κ3) is 4.51. The van der Waals surface area contributed by atoms with Gasteiger partial charge in [-0.3, -0.25) is 19.3 Å². The fourth-order valence-corrected chi connectivity index (χ4v) is 2.53. The molecule has 1 saturated heterocycles. The fraction of sp³-hybridized carbons (Fsp3) is 0.786. The Kier molecular flexibility index (Phi) is 6.05. The van der Waals surface area contributed by atoms with Gasteiger partial charge in [-0.1, -0.05) is 20.3 Å². The Morgan fingerprint density at radius 1 is 1.35 bits per heavy atom. The molecule has 0 saturated carbocycles. The normalized spacial score (nSPS) is 19.6. The van der Waals surface area contributed by atoms with E-state index in [1.807, 2.05) is 13.8 Å². The van der Waals surface area contributed by atoms with Crippen molar-refractivity contribution in [3.8, 4) is 0 Å². The van der Waals surface area contributed by atoms with Crippen molar-refractivity contribution in [2.24, 2.45) is 5.92 Å². The predicted octanol–water partition coefficient (Wildman–Crippen LogP) is 1.38. The first-order valence-electron chi connectivity index (χ1n) is 7.04. The summed E-state index contributed by atoms with van der Waals surface area (Å²) in [5, 5.41) is 2.57. The zero-order valence-electron chi connectivity index (χ0n) is 12.4. The topological polar surface area (TPSA) is 66.5 Å². The first kappa shape index (κ1) is 17.0. The van der Waals surface area contributed by atoms with Gasteiger partial charge in [0.2, 0.25) is 17.7 Å². The molecule has 0 spiro atoms. The summed E-state index contributed by atoms with van der Waals surface area (Å²) >= 11 is 4.40. The smallest absolute Gasteiger partial charge is 0.234 e. The highest BCUT2D eigenvalue weighted by molar-refractivity contribution is 7.81. The second-order valence-corrected chi connectivity index (χ2v) is 6.93. The largest absolute Gasteiger partial charge is 0.359 e. The second kappa shape index (κ2) is 7.11. The molecule has 0 aromatic carbocycles. The van der Waals surface area contributed by atoms with Gasteiger partial charge in [-0.2, -0.15) is 12.6 Å². The van der Waals surface area contributed by atoms with Crippen LogP contribution in [0, 0.1) is 5.92 Å². The van der Waals surface area contributed by atoms with Crippen LogP contribution >= 0.6 is 12.6 Å². The van der Waals surface area contributed by atoms with Crippen LogP contribution in [0.15, 0.2) is 0 Å². The molecule has 1 unspecified atom stereocenters. The number of unbranched alkanes of at least 4 members (excludes halogenated alkanes) is 2. The van der Waals surface area contributed by atoms with Gasteiger partial charge in [-0.15, -0.1) is 0 Å². The lowest BCUT2D eigenvalue weighted by atomic mass is 9.93. The van der Waals surface area contributed by atoms with E-state index >= 15 is 0 Å². The number of hydrogen-bond donors (Lipinski definition) is 2. The molecule has 1 aliphatic heterocycles. The number of hydrogen-bond acceptors (Lipinski definition) is 4. The third-order valence-electron chi connectivity index (χ3n) is 3.66. The summed E-state index contributed by atoms with van der Waals surface area (Å²) < 4.78 is -0.472. The maximum atomic E-state index is 12.2. The van der Waals surface area contributed by atoms with Crippen LogP contribution in [-0.2, 0) is 14.4 Å². The standard InChI is InChI=1S/C14H24N2O3S/c1-14(2,20)10-9-12(18)16(13(10)19)8-6-4-5-7-11(17)15-3/h10,20H,4-9H2,1-3H3,(H,15,17). The van der Waals surface area contributed by atoms with Crippen molar-refractivity contribution in [3.05, 3.63) is 0 Å². The Morgan fingerprint density at radius 3 is 2.50 bits per heavy atom. The summed E-state index contributed by atoms with van der Waals surface area (Å²) in [7, 11) is 1.61. The monoisotopic (exact) mass is 300 g/mol. The molecule has 114 valence electrons. The minimum atomic E-state index is -0.472. The number of likely N-dealkylation sites (tertiary alicyclic amines) is 1. The Hall–Kier alpha value is -1.04. The zero-order valence-corrected chi connectivity index (χ0v) is 13.3. The van der Waals surface area contributed by atoms with Gasteiger partial charge in [0.1, 0.15) is 0 Å². The van der Waals surface area contributed by atoms with E-state index in [0.29, 0.717) is 13.0 Å². The first-order chi connectivity index (χ1) is 9.27. The molecule has 0 aromatic rings. The Labute approximate surface area is 125 Å². The third-order valence-corrected chi connectivity index (χ3v) is 3.97. The molecule has 0 aliphatic carbocycles. The molecular formula is C14H24N2O3S. The van der Waals surface area contributed by atoms with Gasteiger partial charge >= 0.3 is 0 Å². The van der Waals surface area contributed by atoms with E-state index in [0.717, 1.165) is 19.3 Å². The van der Waals surface area contributed by atoms with Crippen molar-refractivity contribution in [1.29, 1.82) is 0 Å². The van der Waals surface area contributed by atoms with E-state index in [1.165, 1.54) is 4.90 Å². The molecule has 0 radical (unpaired) electrons. The van der Waals surface area contributed by atoms with E-state index < -0.39 is 4.75 Å². The van der Waals surface area contributed by atoms with Gasteiger partial charge in [0.15, 0.2) is 0 Å². The van der Waals surface area contributed by atoms with Gasteiger partial charge in [-0.05, 0) is 12.8 Å². The highest BCUT2D eigenvalue weighted by atomic mass is 32.1. The summed E-state index contributed by atoms with van der Waals surface area (Å²) in [5.74, 6) is -0.519. The van der Waals surface area contributed by atoms with E-state index in [1.54, 1.807) is 7.05 Å². The van der Waals surface area contributed by atoms with Crippen LogP contribution in [0.5, 0.6) is 0 Å². The molecule has 0 aromatic heterocycles. The molecule has 1 heterocycles. The lowest BCUT2D eigenvalue weighted by Gasteiger charge is -2.23. The molecule has 0 bridgehead atoms. The van der Waals surface area contributed by atoms with Gasteiger partial charge in [0, 0.05) is 31.2 Å². The number of thiol groups is 1. The van der Waals surface area contributed by atoms with E-state index in [4.69, 9.17) is 0 Å². The fourth-order valence-electron chi connectivity index (χ4n) is 2.33. The molecule has 1 atom stereocenters. The van der Waals surface area contributed by atoms with Crippen LogP contribution in [-0.4, -0.2) is 41.0 Å². The lowest BCUT2D eigenvalue weighted by Crippen LogP contribution is -2.36. The highest BCUT2D eigenvalue weighted by Crippen LogP contribution is 2.33. The number of imide groups is 1. The van der Waals surface area contributed by atoms with Gasteiger partial charge < -0.3 is 5.32 Å². The molecule has 1 fully saturated rings. The summed E-state index contributed by atoms with van der Waals surface area (Å²) in [6.07, 6.45) is 3.10. The van der Waals surface area contributed by atoms with Crippen molar-refractivity contribution in [1.82, 2.24) is 10.2 Å². The number of amides is 3. The summed E-state index contributed by atoms with van der Waals surface area (Å²) in [4.78, 5) is 36.4. The van der Waals surface area contributed by atoms with Crippen molar-refractivity contribution < 1.29 is 14.4 Å². The van der Waals surface area contributed by atoms with Crippen LogP contribution in [0.4, 0.5) is 0 Å². The number of carbonyl (C=O) groups is 3. The summed E-state index contributed by atoms with van der Waals surface area (Å²) in [5.41, 5.74) is 0. The van der Waals surface area contributed by atoms with Crippen LogP contribution < -0.4 is 5.32 Å². The highest BCUT2D eigenvalue weighted by Gasteiger charge is 2.44. The minimum Gasteiger partial charge on any atom is -0.359 e. The van der Waals surface area contributed by atoms with Crippen LogP contribution in [0.1, 0.15) is 46.0 Å². The summed E-state index contributed by atoms with van der Waals surface area (Å²) in [6, 6.07) is 0. The molecule has 5 nitrogen and oxygen atoms in total. The predicted molar refractivity (Wildman–Crippen MR) is 80.4 cm³/mol. The molecule has 3 amide bonds. The van der Waals surface area contributed by atoms with Crippen molar-refractivity contribution in [2.75, 3.05) is 13.6 Å².